The van der Waals surface area contributed by atoms with Crippen LogP contribution in [-0.4, -0.2) is 22.7 Å². The van der Waals surface area contributed by atoms with Crippen LogP contribution in [0.3, 0.4) is 0 Å². The fourth-order valence-electron chi connectivity index (χ4n) is 3.64. The van der Waals surface area contributed by atoms with Crippen molar-refractivity contribution >= 4 is 22.8 Å². The third kappa shape index (κ3) is 2.83. The van der Waals surface area contributed by atoms with Gasteiger partial charge in [-0.05, 0) is 61.8 Å². The monoisotopic (exact) mass is 310 g/mol. The number of rotatable bonds is 3. The van der Waals surface area contributed by atoms with Crippen molar-refractivity contribution in [3.8, 4) is 0 Å². The zero-order valence-electron chi connectivity index (χ0n) is 13.3. The molecule has 4 nitrogen and oxygen atoms in total. The van der Waals surface area contributed by atoms with Crippen LogP contribution in [0.1, 0.15) is 50.3 Å². The first-order chi connectivity index (χ1) is 11.3. The predicted molar refractivity (Wildman–Crippen MR) is 90.0 cm³/mol. The van der Waals surface area contributed by atoms with Crippen LogP contribution in [0.15, 0.2) is 30.5 Å². The van der Waals surface area contributed by atoms with E-state index in [2.05, 4.69) is 29.4 Å². The molecule has 2 unspecified atom stereocenters. The summed E-state index contributed by atoms with van der Waals surface area (Å²) in [7, 11) is 0. The Kier molecular flexibility index (Phi) is 4.00. The number of nitrogens with zero attached hydrogens (tertiary/aromatic N) is 2. The van der Waals surface area contributed by atoms with Gasteiger partial charge in [0.05, 0.1) is 11.7 Å². The average Bonchev–Trinajstić information content (AvgIpc) is 3.06. The van der Waals surface area contributed by atoms with Gasteiger partial charge in [0.1, 0.15) is 6.29 Å². The molecule has 0 spiro atoms. The second kappa shape index (κ2) is 6.28. The molecule has 1 aliphatic heterocycles. The Morgan fingerprint density at radius 2 is 2.22 bits per heavy atom. The Labute approximate surface area is 136 Å². The molecule has 1 aromatic heterocycles. The van der Waals surface area contributed by atoms with E-state index < -0.39 is 0 Å². The van der Waals surface area contributed by atoms with E-state index in [4.69, 9.17) is 4.74 Å². The molecule has 1 saturated heterocycles. The number of allylic oxidation sites excluding steroid dienone is 2. The molecule has 4 rings (SSSR count). The molecule has 23 heavy (non-hydrogen) atoms. The molecular weight excluding hydrogens is 288 g/mol. The van der Waals surface area contributed by atoms with E-state index in [9.17, 15) is 4.79 Å². The SMILES string of the molecule is O=CC1CC=C(c2ccc3c(cnn3C3CCCCO3)c2)CC1. The van der Waals surface area contributed by atoms with Crippen molar-refractivity contribution in [3.63, 3.8) is 0 Å². The van der Waals surface area contributed by atoms with Gasteiger partial charge in [0, 0.05) is 17.9 Å². The van der Waals surface area contributed by atoms with Crippen LogP contribution in [-0.2, 0) is 9.53 Å². The number of aromatic nitrogens is 2. The molecule has 0 N–H and O–H groups in total. The van der Waals surface area contributed by atoms with Gasteiger partial charge in [0.2, 0.25) is 0 Å². The van der Waals surface area contributed by atoms with Crippen molar-refractivity contribution in [1.82, 2.24) is 9.78 Å². The second-order valence-electron chi connectivity index (χ2n) is 6.58. The van der Waals surface area contributed by atoms with E-state index >= 15 is 0 Å². The quantitative estimate of drug-likeness (QED) is 0.801. The smallest absolute Gasteiger partial charge is 0.150 e. The molecule has 2 aliphatic rings. The van der Waals surface area contributed by atoms with Crippen molar-refractivity contribution < 1.29 is 9.53 Å². The van der Waals surface area contributed by atoms with Crippen LogP contribution in [0.2, 0.25) is 0 Å². The zero-order chi connectivity index (χ0) is 15.6. The summed E-state index contributed by atoms with van der Waals surface area (Å²) in [5, 5.41) is 5.72. The number of ether oxygens (including phenoxy) is 1. The topological polar surface area (TPSA) is 44.1 Å². The number of fused-ring (bicyclic) bond motifs is 1. The highest BCUT2D eigenvalue weighted by Gasteiger charge is 2.19. The first kappa shape index (κ1) is 14.6. The van der Waals surface area contributed by atoms with Gasteiger partial charge in [-0.2, -0.15) is 5.10 Å². The minimum absolute atomic E-state index is 0.0781. The summed E-state index contributed by atoms with van der Waals surface area (Å²) in [6.45, 7) is 0.828. The number of benzene rings is 1. The van der Waals surface area contributed by atoms with Crippen molar-refractivity contribution in [2.24, 2.45) is 5.92 Å². The fraction of sp³-hybridized carbons (Fsp3) is 0.474. The molecule has 2 heterocycles. The van der Waals surface area contributed by atoms with Crippen molar-refractivity contribution in [3.05, 3.63) is 36.0 Å². The lowest BCUT2D eigenvalue weighted by Crippen LogP contribution is -2.18. The molecule has 0 radical (unpaired) electrons. The van der Waals surface area contributed by atoms with Gasteiger partial charge in [-0.3, -0.25) is 0 Å². The predicted octanol–water partition coefficient (Wildman–Crippen LogP) is 4.12. The lowest BCUT2D eigenvalue weighted by atomic mass is 9.87. The van der Waals surface area contributed by atoms with Crippen molar-refractivity contribution in [2.45, 2.75) is 44.8 Å². The first-order valence-electron chi connectivity index (χ1n) is 8.59. The molecule has 1 aromatic carbocycles. The van der Waals surface area contributed by atoms with E-state index in [1.807, 2.05) is 10.9 Å². The van der Waals surface area contributed by atoms with Gasteiger partial charge < -0.3 is 9.53 Å². The van der Waals surface area contributed by atoms with Crippen LogP contribution >= 0.6 is 0 Å². The summed E-state index contributed by atoms with van der Waals surface area (Å²) in [6, 6.07) is 6.55. The fourth-order valence-corrected chi connectivity index (χ4v) is 3.64. The summed E-state index contributed by atoms with van der Waals surface area (Å²) in [4.78, 5) is 10.9. The van der Waals surface area contributed by atoms with Crippen LogP contribution < -0.4 is 0 Å². The Bertz CT molecular complexity index is 741. The van der Waals surface area contributed by atoms with Gasteiger partial charge in [-0.25, -0.2) is 4.68 Å². The molecule has 1 fully saturated rings. The minimum atomic E-state index is 0.0781. The van der Waals surface area contributed by atoms with Crippen LogP contribution in [0.4, 0.5) is 0 Å². The lowest BCUT2D eigenvalue weighted by molar-refractivity contribution is -0.111. The highest BCUT2D eigenvalue weighted by molar-refractivity contribution is 5.84. The molecule has 2 aromatic rings. The third-order valence-electron chi connectivity index (χ3n) is 5.04. The number of aldehydes is 1. The van der Waals surface area contributed by atoms with Gasteiger partial charge in [-0.15, -0.1) is 0 Å². The minimum Gasteiger partial charge on any atom is -0.356 e. The summed E-state index contributed by atoms with van der Waals surface area (Å²) < 4.78 is 7.88. The number of carbonyl (C=O) groups excluding carboxylic acids is 1. The number of carbonyl (C=O) groups is 1. The van der Waals surface area contributed by atoms with Crippen LogP contribution in [0.5, 0.6) is 0 Å². The van der Waals surface area contributed by atoms with Crippen molar-refractivity contribution in [2.75, 3.05) is 6.61 Å². The zero-order valence-corrected chi connectivity index (χ0v) is 13.3. The largest absolute Gasteiger partial charge is 0.356 e. The molecule has 1 aliphatic carbocycles. The Morgan fingerprint density at radius 1 is 1.26 bits per heavy atom. The summed E-state index contributed by atoms with van der Waals surface area (Å²) in [6.07, 6.45) is 11.5. The van der Waals surface area contributed by atoms with E-state index in [1.54, 1.807) is 0 Å². The Balaban J connectivity index is 1.62. The van der Waals surface area contributed by atoms with Gasteiger partial charge >= 0.3 is 0 Å². The summed E-state index contributed by atoms with van der Waals surface area (Å²) >= 11 is 0. The third-order valence-corrected chi connectivity index (χ3v) is 5.04. The Hall–Kier alpha value is -1.94. The van der Waals surface area contributed by atoms with Crippen molar-refractivity contribution in [1.29, 1.82) is 0 Å². The number of hydrogen-bond donors (Lipinski definition) is 0. The van der Waals surface area contributed by atoms with Crippen LogP contribution in [0, 0.1) is 5.92 Å². The molecular formula is C19H22N2O2. The standard InChI is InChI=1S/C19H22N2O2/c22-13-14-4-6-15(7-5-14)16-8-9-18-17(11-16)12-20-21(18)19-3-1-2-10-23-19/h6,8-9,11-14,19H,1-5,7,10H2. The molecule has 0 bridgehead atoms. The van der Waals surface area contributed by atoms with E-state index in [0.717, 1.165) is 55.9 Å². The average molecular weight is 310 g/mol. The molecule has 2 atom stereocenters. The highest BCUT2D eigenvalue weighted by Crippen LogP contribution is 2.32. The van der Waals surface area contributed by atoms with Crippen LogP contribution in [0.25, 0.3) is 16.5 Å². The molecule has 120 valence electrons. The van der Waals surface area contributed by atoms with Gasteiger partial charge in [-0.1, -0.05) is 12.1 Å². The van der Waals surface area contributed by atoms with Gasteiger partial charge in [0.15, 0.2) is 6.23 Å². The van der Waals surface area contributed by atoms with E-state index in [0.29, 0.717) is 0 Å². The molecule has 4 heteroatoms. The maximum Gasteiger partial charge on any atom is 0.150 e. The molecule has 0 saturated carbocycles. The summed E-state index contributed by atoms with van der Waals surface area (Å²) in [5.41, 5.74) is 3.75. The highest BCUT2D eigenvalue weighted by atomic mass is 16.5. The normalized spacial score (nSPS) is 25.3. The van der Waals surface area contributed by atoms with E-state index in [-0.39, 0.29) is 12.1 Å². The maximum absolute atomic E-state index is 10.9. The lowest BCUT2D eigenvalue weighted by Gasteiger charge is -2.23. The van der Waals surface area contributed by atoms with Gasteiger partial charge in [0.25, 0.3) is 0 Å². The maximum atomic E-state index is 10.9. The van der Waals surface area contributed by atoms with E-state index in [1.165, 1.54) is 17.6 Å². The Morgan fingerprint density at radius 3 is 2.96 bits per heavy atom. The second-order valence-corrected chi connectivity index (χ2v) is 6.58. The summed E-state index contributed by atoms with van der Waals surface area (Å²) in [5.74, 6) is 0.202. The number of hydrogen-bond acceptors (Lipinski definition) is 3. The first-order valence-corrected chi connectivity index (χ1v) is 8.59. The molecule has 0 amide bonds.